The molecule has 1 unspecified atom stereocenters. The number of hydrogen-bond donors (Lipinski definition) is 1. The van der Waals surface area contributed by atoms with Gasteiger partial charge in [-0.2, -0.15) is 18.3 Å². The van der Waals surface area contributed by atoms with Crippen molar-refractivity contribution in [2.45, 2.75) is 58.9 Å². The third-order valence-corrected chi connectivity index (χ3v) is 2.99. The summed E-state index contributed by atoms with van der Waals surface area (Å²) in [6.45, 7) is 5.62. The molecule has 1 aromatic heterocycles. The van der Waals surface area contributed by atoms with E-state index >= 15 is 0 Å². The van der Waals surface area contributed by atoms with Crippen LogP contribution in [-0.4, -0.2) is 21.1 Å². The van der Waals surface area contributed by atoms with Gasteiger partial charge in [-0.05, 0) is 26.7 Å². The number of rotatable bonds is 5. The Morgan fingerprint density at radius 1 is 1.33 bits per heavy atom. The zero-order chi connectivity index (χ0) is 13.9. The van der Waals surface area contributed by atoms with Crippen LogP contribution >= 0.6 is 0 Å². The second-order valence-corrected chi connectivity index (χ2v) is 4.45. The molecule has 0 aliphatic carbocycles. The molecule has 104 valence electrons. The maximum Gasteiger partial charge on any atom is 0.389 e. The van der Waals surface area contributed by atoms with Gasteiger partial charge in [-0.25, -0.2) is 0 Å². The molecule has 6 heteroatoms. The molecule has 0 aliphatic rings. The Morgan fingerprint density at radius 3 is 2.44 bits per heavy atom. The normalized spacial score (nSPS) is 13.9. The van der Waals surface area contributed by atoms with Crippen LogP contribution in [0.5, 0.6) is 0 Å². The zero-order valence-electron chi connectivity index (χ0n) is 10.9. The van der Waals surface area contributed by atoms with Gasteiger partial charge in [0.05, 0.1) is 11.8 Å². The van der Waals surface area contributed by atoms with E-state index in [0.717, 1.165) is 11.3 Å². The molecule has 1 rings (SSSR count). The largest absolute Gasteiger partial charge is 0.389 e. The lowest BCUT2D eigenvalue weighted by molar-refractivity contribution is -0.136. The minimum absolute atomic E-state index is 0.00706. The molecule has 0 aliphatic heterocycles. The van der Waals surface area contributed by atoms with Gasteiger partial charge in [0, 0.05) is 24.2 Å². The SMILES string of the molecule is CCC(O)c1c(C)nn(CCCC(F)(F)F)c1C. The standard InChI is InChI=1S/C12H19F3N2O/c1-4-10(18)11-8(2)16-17(9(11)3)7-5-6-12(13,14)15/h10,18H,4-7H2,1-3H3. The summed E-state index contributed by atoms with van der Waals surface area (Å²) in [6, 6.07) is 0. The summed E-state index contributed by atoms with van der Waals surface area (Å²) in [5, 5.41) is 14.0. The van der Waals surface area contributed by atoms with Crippen molar-refractivity contribution in [3.05, 3.63) is 17.0 Å². The first-order valence-electron chi connectivity index (χ1n) is 6.05. The van der Waals surface area contributed by atoms with Crippen molar-refractivity contribution in [3.63, 3.8) is 0 Å². The molecule has 1 aromatic rings. The van der Waals surface area contributed by atoms with Gasteiger partial charge in [-0.15, -0.1) is 0 Å². The molecule has 0 fully saturated rings. The van der Waals surface area contributed by atoms with Crippen LogP contribution in [0.25, 0.3) is 0 Å². The van der Waals surface area contributed by atoms with Crippen molar-refractivity contribution in [2.24, 2.45) is 0 Å². The molecule has 0 spiro atoms. The molecule has 0 bridgehead atoms. The molecular weight excluding hydrogens is 245 g/mol. The quantitative estimate of drug-likeness (QED) is 0.886. The molecular formula is C12H19F3N2O. The van der Waals surface area contributed by atoms with Crippen molar-refractivity contribution in [2.75, 3.05) is 0 Å². The lowest BCUT2D eigenvalue weighted by Crippen LogP contribution is -2.11. The first kappa shape index (κ1) is 15.0. The molecule has 0 saturated heterocycles. The second-order valence-electron chi connectivity index (χ2n) is 4.45. The van der Waals surface area contributed by atoms with Crippen LogP contribution in [0.3, 0.4) is 0 Å². The predicted octanol–water partition coefficient (Wildman–Crippen LogP) is 3.29. The highest BCUT2D eigenvalue weighted by Crippen LogP contribution is 2.25. The van der Waals surface area contributed by atoms with E-state index in [1.54, 1.807) is 18.5 Å². The van der Waals surface area contributed by atoms with Crippen LogP contribution in [0, 0.1) is 13.8 Å². The lowest BCUT2D eigenvalue weighted by Gasteiger charge is -2.10. The van der Waals surface area contributed by atoms with Gasteiger partial charge in [0.2, 0.25) is 0 Å². The molecule has 1 heterocycles. The third-order valence-electron chi connectivity index (χ3n) is 2.99. The average molecular weight is 264 g/mol. The van der Waals surface area contributed by atoms with Crippen LogP contribution in [0.1, 0.15) is 49.2 Å². The summed E-state index contributed by atoms with van der Waals surface area (Å²) < 4.78 is 37.7. The number of aryl methyl sites for hydroxylation is 2. The van der Waals surface area contributed by atoms with Crippen LogP contribution in [0.15, 0.2) is 0 Å². The molecule has 0 aromatic carbocycles. The number of halogens is 3. The first-order chi connectivity index (χ1) is 8.26. The zero-order valence-corrected chi connectivity index (χ0v) is 10.9. The van der Waals surface area contributed by atoms with E-state index in [2.05, 4.69) is 5.10 Å². The predicted molar refractivity (Wildman–Crippen MR) is 62.2 cm³/mol. The average Bonchev–Trinajstić information content (AvgIpc) is 2.52. The van der Waals surface area contributed by atoms with Crippen LogP contribution < -0.4 is 0 Å². The fraction of sp³-hybridized carbons (Fsp3) is 0.750. The number of nitrogens with zero attached hydrogens (tertiary/aromatic N) is 2. The first-order valence-corrected chi connectivity index (χ1v) is 6.05. The van der Waals surface area contributed by atoms with Gasteiger partial charge in [0.15, 0.2) is 0 Å². The maximum atomic E-state index is 12.1. The summed E-state index contributed by atoms with van der Waals surface area (Å²) >= 11 is 0. The summed E-state index contributed by atoms with van der Waals surface area (Å²) in [5.74, 6) is 0. The summed E-state index contributed by atoms with van der Waals surface area (Å²) in [6.07, 6.45) is -4.96. The minimum Gasteiger partial charge on any atom is -0.388 e. The fourth-order valence-corrected chi connectivity index (χ4v) is 2.04. The fourth-order valence-electron chi connectivity index (χ4n) is 2.04. The maximum absolute atomic E-state index is 12.1. The van der Waals surface area contributed by atoms with Crippen molar-refractivity contribution < 1.29 is 18.3 Å². The topological polar surface area (TPSA) is 38.1 Å². The van der Waals surface area contributed by atoms with E-state index in [4.69, 9.17) is 0 Å². The molecule has 3 nitrogen and oxygen atoms in total. The number of aliphatic hydroxyl groups is 1. The van der Waals surface area contributed by atoms with Crippen LogP contribution in [0.2, 0.25) is 0 Å². The molecule has 1 atom stereocenters. The van der Waals surface area contributed by atoms with Gasteiger partial charge in [-0.1, -0.05) is 6.92 Å². The Hall–Kier alpha value is -1.04. The Labute approximate surface area is 105 Å². The van der Waals surface area contributed by atoms with Crippen molar-refractivity contribution >= 4 is 0 Å². The van der Waals surface area contributed by atoms with Gasteiger partial charge in [-0.3, -0.25) is 4.68 Å². The lowest BCUT2D eigenvalue weighted by atomic mass is 10.1. The second kappa shape index (κ2) is 5.73. The van der Waals surface area contributed by atoms with Gasteiger partial charge >= 0.3 is 6.18 Å². The molecule has 0 saturated carbocycles. The van der Waals surface area contributed by atoms with E-state index in [9.17, 15) is 18.3 Å². The van der Waals surface area contributed by atoms with Gasteiger partial charge in [0.1, 0.15) is 0 Å². The number of aliphatic hydroxyl groups excluding tert-OH is 1. The molecule has 0 radical (unpaired) electrons. The highest BCUT2D eigenvalue weighted by molar-refractivity contribution is 5.26. The van der Waals surface area contributed by atoms with Crippen LogP contribution in [0.4, 0.5) is 13.2 Å². The van der Waals surface area contributed by atoms with Crippen molar-refractivity contribution in [3.8, 4) is 0 Å². The third kappa shape index (κ3) is 3.73. The number of alkyl halides is 3. The molecule has 1 N–H and O–H groups in total. The Balaban J connectivity index is 2.74. The summed E-state index contributed by atoms with van der Waals surface area (Å²) in [4.78, 5) is 0. The number of hydrogen-bond acceptors (Lipinski definition) is 2. The Morgan fingerprint density at radius 2 is 1.94 bits per heavy atom. The van der Waals surface area contributed by atoms with Crippen molar-refractivity contribution in [1.82, 2.24) is 9.78 Å². The summed E-state index contributed by atoms with van der Waals surface area (Å²) in [5.41, 5.74) is 2.18. The van der Waals surface area contributed by atoms with E-state index in [-0.39, 0.29) is 13.0 Å². The number of aromatic nitrogens is 2. The highest BCUT2D eigenvalue weighted by Gasteiger charge is 2.26. The Bertz CT molecular complexity index is 399. The molecule has 0 amide bonds. The highest BCUT2D eigenvalue weighted by atomic mass is 19.4. The van der Waals surface area contributed by atoms with E-state index in [1.165, 1.54) is 0 Å². The Kier molecular flexibility index (Phi) is 4.78. The van der Waals surface area contributed by atoms with Gasteiger partial charge in [0.25, 0.3) is 0 Å². The van der Waals surface area contributed by atoms with Gasteiger partial charge < -0.3 is 5.11 Å². The van der Waals surface area contributed by atoms with E-state index in [1.807, 2.05) is 6.92 Å². The van der Waals surface area contributed by atoms with Crippen molar-refractivity contribution in [1.29, 1.82) is 0 Å². The van der Waals surface area contributed by atoms with E-state index < -0.39 is 18.7 Å². The van der Waals surface area contributed by atoms with E-state index in [0.29, 0.717) is 12.1 Å². The minimum atomic E-state index is -4.12. The molecule has 18 heavy (non-hydrogen) atoms. The summed E-state index contributed by atoms with van der Waals surface area (Å²) in [7, 11) is 0. The smallest absolute Gasteiger partial charge is 0.388 e. The van der Waals surface area contributed by atoms with Crippen LogP contribution in [-0.2, 0) is 6.54 Å². The monoisotopic (exact) mass is 264 g/mol.